The Balaban J connectivity index is 1.47. The van der Waals surface area contributed by atoms with Crippen molar-refractivity contribution in [1.82, 2.24) is 9.88 Å². The van der Waals surface area contributed by atoms with E-state index in [0.29, 0.717) is 22.8 Å². The first kappa shape index (κ1) is 20.5. The molecular weight excluding hydrogens is 428 g/mol. The molecule has 7 nitrogen and oxygen atoms in total. The fourth-order valence-electron chi connectivity index (χ4n) is 4.76. The lowest BCUT2D eigenvalue weighted by Gasteiger charge is -2.58. The molecule has 1 aromatic heterocycles. The first-order valence-electron chi connectivity index (χ1n) is 10.3. The zero-order chi connectivity index (χ0) is 22.2. The number of anilines is 2. The van der Waals surface area contributed by atoms with Gasteiger partial charge in [0, 0.05) is 46.8 Å². The van der Waals surface area contributed by atoms with Crippen LogP contribution in [0, 0.1) is 0 Å². The molecule has 1 saturated heterocycles. The number of aliphatic hydroxyl groups is 1. The summed E-state index contributed by atoms with van der Waals surface area (Å²) in [5.41, 5.74) is 2.82. The van der Waals surface area contributed by atoms with Crippen molar-refractivity contribution in [2.75, 3.05) is 23.4 Å². The number of benzene rings is 2. The zero-order valence-electron chi connectivity index (χ0n) is 17.1. The van der Waals surface area contributed by atoms with Crippen LogP contribution < -0.4 is 10.2 Å². The highest BCUT2D eigenvalue weighted by Gasteiger charge is 2.55. The highest BCUT2D eigenvalue weighted by atomic mass is 35.5. The monoisotopic (exact) mass is 448 g/mol. The summed E-state index contributed by atoms with van der Waals surface area (Å²) in [7, 11) is 0. The van der Waals surface area contributed by atoms with Crippen molar-refractivity contribution in [1.29, 1.82) is 0 Å². The normalized spacial score (nSPS) is 21.2. The second kappa shape index (κ2) is 8.26. The summed E-state index contributed by atoms with van der Waals surface area (Å²) in [4.78, 5) is 33.8. The molecule has 32 heavy (non-hydrogen) atoms. The maximum Gasteiger partial charge on any atom is 0.326 e. The number of nitrogens with zero attached hydrogens (tertiary/aromatic N) is 3. The number of amides is 3. The van der Waals surface area contributed by atoms with Crippen LogP contribution in [0.2, 0.25) is 5.02 Å². The number of hydrogen-bond donors (Lipinski definition) is 2. The first-order valence-corrected chi connectivity index (χ1v) is 10.7. The van der Waals surface area contributed by atoms with Crippen LogP contribution in [0.25, 0.3) is 0 Å². The van der Waals surface area contributed by atoms with Gasteiger partial charge in [-0.1, -0.05) is 35.9 Å². The lowest BCUT2D eigenvalue weighted by Crippen LogP contribution is -2.71. The Morgan fingerprint density at radius 2 is 1.88 bits per heavy atom. The van der Waals surface area contributed by atoms with Crippen molar-refractivity contribution in [2.45, 2.75) is 18.0 Å². The SMILES string of the molecule is O=C(Nc1cccc(Cl)c1)N1C[C@H]2[C@@H](c3ccccc31)[C@@H](CO)N2C(=O)c1ccncc1. The molecule has 8 heteroatoms. The summed E-state index contributed by atoms with van der Waals surface area (Å²) in [6, 6.07) is 17.0. The Labute approximate surface area is 190 Å². The van der Waals surface area contributed by atoms with E-state index in [1.165, 1.54) is 0 Å². The van der Waals surface area contributed by atoms with Gasteiger partial charge in [0.25, 0.3) is 5.91 Å². The van der Waals surface area contributed by atoms with E-state index >= 15 is 0 Å². The summed E-state index contributed by atoms with van der Waals surface area (Å²) in [6.45, 7) is 0.169. The largest absolute Gasteiger partial charge is 0.394 e. The van der Waals surface area contributed by atoms with Crippen molar-refractivity contribution < 1.29 is 14.7 Å². The summed E-state index contributed by atoms with van der Waals surface area (Å²) in [5, 5.41) is 13.5. The van der Waals surface area contributed by atoms with Crippen LogP contribution in [0.3, 0.4) is 0 Å². The minimum atomic E-state index is -0.347. The van der Waals surface area contributed by atoms with E-state index in [4.69, 9.17) is 11.6 Å². The van der Waals surface area contributed by atoms with E-state index in [-0.39, 0.29) is 36.5 Å². The van der Waals surface area contributed by atoms with E-state index in [1.54, 1.807) is 58.6 Å². The van der Waals surface area contributed by atoms with Crippen molar-refractivity contribution in [2.24, 2.45) is 0 Å². The Morgan fingerprint density at radius 1 is 1.09 bits per heavy atom. The van der Waals surface area contributed by atoms with Gasteiger partial charge >= 0.3 is 6.03 Å². The number of carbonyl (C=O) groups excluding carboxylic acids is 2. The maximum absolute atomic E-state index is 13.2. The molecule has 162 valence electrons. The Morgan fingerprint density at radius 3 is 2.62 bits per heavy atom. The number of nitrogens with one attached hydrogen (secondary N) is 1. The Kier molecular flexibility index (Phi) is 5.28. The number of carbonyl (C=O) groups is 2. The molecule has 3 aromatic rings. The van der Waals surface area contributed by atoms with Crippen LogP contribution in [0.4, 0.5) is 16.2 Å². The summed E-state index contributed by atoms with van der Waals surface area (Å²) >= 11 is 6.05. The van der Waals surface area contributed by atoms with Crippen molar-refractivity contribution in [3.63, 3.8) is 0 Å². The van der Waals surface area contributed by atoms with E-state index in [2.05, 4.69) is 10.3 Å². The molecule has 2 aromatic carbocycles. The smallest absolute Gasteiger partial charge is 0.326 e. The minimum absolute atomic E-state index is 0.0443. The topological polar surface area (TPSA) is 85.8 Å². The van der Waals surface area contributed by atoms with Gasteiger partial charge in [-0.05, 0) is 42.0 Å². The highest BCUT2D eigenvalue weighted by Crippen LogP contribution is 2.48. The Hall–Kier alpha value is -3.42. The lowest BCUT2D eigenvalue weighted by molar-refractivity contribution is -0.0241. The molecular formula is C24H21ClN4O3. The van der Waals surface area contributed by atoms with Gasteiger partial charge in [-0.15, -0.1) is 0 Å². The second-order valence-electron chi connectivity index (χ2n) is 7.90. The second-order valence-corrected chi connectivity index (χ2v) is 8.34. The minimum Gasteiger partial charge on any atom is -0.394 e. The van der Waals surface area contributed by atoms with Crippen LogP contribution in [0.1, 0.15) is 21.8 Å². The Bertz CT molecular complexity index is 1170. The van der Waals surface area contributed by atoms with Crippen LogP contribution >= 0.6 is 11.6 Å². The maximum atomic E-state index is 13.2. The summed E-state index contributed by atoms with van der Waals surface area (Å²) < 4.78 is 0. The van der Waals surface area contributed by atoms with Crippen molar-refractivity contribution in [3.8, 4) is 0 Å². The highest BCUT2D eigenvalue weighted by molar-refractivity contribution is 6.30. The standard InChI is InChI=1S/C24H21ClN4O3/c25-16-4-3-5-17(12-16)27-24(32)28-13-20-22(18-6-1-2-7-19(18)28)21(14-30)29(20)23(31)15-8-10-26-11-9-15/h1-12,20-22,30H,13-14H2,(H,27,32)/t20-,21+,22+/m0/s1. The molecule has 0 aliphatic carbocycles. The van der Waals surface area contributed by atoms with Gasteiger partial charge < -0.3 is 15.3 Å². The molecule has 2 N–H and O–H groups in total. The molecule has 0 spiro atoms. The van der Waals surface area contributed by atoms with Gasteiger partial charge in [0.05, 0.1) is 18.7 Å². The summed E-state index contributed by atoms with van der Waals surface area (Å²) in [6.07, 6.45) is 3.14. The first-order chi connectivity index (χ1) is 15.6. The third kappa shape index (κ3) is 3.39. The number of rotatable bonds is 3. The van der Waals surface area contributed by atoms with Crippen LogP contribution in [0.5, 0.6) is 0 Å². The fraction of sp³-hybridized carbons (Fsp3) is 0.208. The quantitative estimate of drug-likeness (QED) is 0.639. The van der Waals surface area contributed by atoms with E-state index < -0.39 is 0 Å². The number of fused-ring (bicyclic) bond motifs is 3. The number of urea groups is 1. The molecule has 3 amide bonds. The molecule has 5 rings (SSSR count). The molecule has 1 fully saturated rings. The van der Waals surface area contributed by atoms with E-state index in [0.717, 1.165) is 11.3 Å². The van der Waals surface area contributed by atoms with Gasteiger partial charge in [-0.3, -0.25) is 14.7 Å². The molecule has 3 atom stereocenters. The number of para-hydroxylation sites is 1. The van der Waals surface area contributed by atoms with E-state index in [1.807, 2.05) is 24.3 Å². The number of halogens is 1. The van der Waals surface area contributed by atoms with Crippen molar-refractivity contribution >= 4 is 34.9 Å². The average Bonchev–Trinajstić information content (AvgIpc) is 2.80. The number of aliphatic hydroxyl groups excluding tert-OH is 1. The third-order valence-electron chi connectivity index (χ3n) is 6.17. The van der Waals surface area contributed by atoms with Crippen LogP contribution in [0.15, 0.2) is 73.1 Å². The molecule has 0 saturated carbocycles. The van der Waals surface area contributed by atoms with Crippen molar-refractivity contribution in [3.05, 3.63) is 89.2 Å². The number of hydrogen-bond acceptors (Lipinski definition) is 4. The van der Waals surface area contributed by atoms with Gasteiger partial charge in [-0.25, -0.2) is 4.79 Å². The van der Waals surface area contributed by atoms with Gasteiger partial charge in [0.2, 0.25) is 0 Å². The number of pyridine rings is 1. The molecule has 0 unspecified atom stereocenters. The zero-order valence-corrected chi connectivity index (χ0v) is 17.8. The molecule has 0 radical (unpaired) electrons. The van der Waals surface area contributed by atoms with Gasteiger partial charge in [-0.2, -0.15) is 0 Å². The van der Waals surface area contributed by atoms with Gasteiger partial charge in [0.1, 0.15) is 0 Å². The fourth-order valence-corrected chi connectivity index (χ4v) is 4.95. The predicted molar refractivity (Wildman–Crippen MR) is 122 cm³/mol. The molecule has 2 aliphatic rings. The van der Waals surface area contributed by atoms with Gasteiger partial charge in [0.15, 0.2) is 0 Å². The molecule has 2 aliphatic heterocycles. The molecule has 0 bridgehead atoms. The van der Waals surface area contributed by atoms with Crippen LogP contribution in [-0.4, -0.2) is 52.2 Å². The number of likely N-dealkylation sites (tertiary alicyclic amines) is 1. The molecule has 3 heterocycles. The van der Waals surface area contributed by atoms with E-state index in [9.17, 15) is 14.7 Å². The summed E-state index contributed by atoms with van der Waals surface area (Å²) in [5.74, 6) is -0.223. The third-order valence-corrected chi connectivity index (χ3v) is 6.40. The number of aromatic nitrogens is 1. The average molecular weight is 449 g/mol. The van der Waals surface area contributed by atoms with Crippen LogP contribution in [-0.2, 0) is 0 Å². The lowest BCUT2D eigenvalue weighted by atomic mass is 9.71. The predicted octanol–water partition coefficient (Wildman–Crippen LogP) is 3.76.